The molecule has 2 aromatic carbocycles. The van der Waals surface area contributed by atoms with Gasteiger partial charge < -0.3 is 20.1 Å². The predicted octanol–water partition coefficient (Wildman–Crippen LogP) is 3.89. The first-order valence-electron chi connectivity index (χ1n) is 10.1. The number of nitrogens with zero attached hydrogens (tertiary/aromatic N) is 2. The van der Waals surface area contributed by atoms with Crippen molar-refractivity contribution in [2.75, 3.05) is 14.2 Å². The monoisotopic (exact) mass is 410 g/mol. The summed E-state index contributed by atoms with van der Waals surface area (Å²) in [6.07, 6.45) is 4.71. The smallest absolute Gasteiger partial charge is 0.191 e. The van der Waals surface area contributed by atoms with Crippen LogP contribution in [0.2, 0.25) is 0 Å². The highest BCUT2D eigenvalue weighted by atomic mass is 19.1. The maximum atomic E-state index is 14.0. The van der Waals surface area contributed by atoms with Crippen LogP contribution in [0.15, 0.2) is 41.4 Å². The topological polar surface area (TPSA) is 78.7 Å². The Morgan fingerprint density at radius 3 is 2.57 bits per heavy atom. The van der Waals surface area contributed by atoms with E-state index in [0.29, 0.717) is 29.4 Å². The lowest BCUT2D eigenvalue weighted by Gasteiger charge is -2.20. The van der Waals surface area contributed by atoms with Gasteiger partial charge in [-0.3, -0.25) is 4.99 Å². The van der Waals surface area contributed by atoms with Crippen molar-refractivity contribution >= 4 is 5.96 Å². The average molecular weight is 410 g/mol. The molecule has 0 aromatic heterocycles. The maximum Gasteiger partial charge on any atom is 0.191 e. The van der Waals surface area contributed by atoms with Gasteiger partial charge in [-0.1, -0.05) is 12.1 Å². The van der Waals surface area contributed by atoms with E-state index < -0.39 is 0 Å². The van der Waals surface area contributed by atoms with E-state index in [2.05, 4.69) is 15.6 Å². The maximum absolute atomic E-state index is 14.0. The second-order valence-electron chi connectivity index (χ2n) is 7.17. The van der Waals surface area contributed by atoms with Crippen LogP contribution in [-0.2, 0) is 13.1 Å². The van der Waals surface area contributed by atoms with Gasteiger partial charge in [0.2, 0.25) is 0 Å². The largest absolute Gasteiger partial charge is 0.493 e. The number of methoxy groups -OCH3 is 1. The molecule has 0 bridgehead atoms. The Labute approximate surface area is 176 Å². The van der Waals surface area contributed by atoms with Crippen molar-refractivity contribution < 1.29 is 13.9 Å². The van der Waals surface area contributed by atoms with Crippen molar-refractivity contribution in [1.82, 2.24) is 10.6 Å². The third-order valence-electron chi connectivity index (χ3n) is 5.16. The van der Waals surface area contributed by atoms with Gasteiger partial charge in [-0.25, -0.2) is 4.39 Å². The van der Waals surface area contributed by atoms with Crippen molar-refractivity contribution in [1.29, 1.82) is 5.26 Å². The molecule has 1 fully saturated rings. The third-order valence-corrected chi connectivity index (χ3v) is 5.16. The molecule has 1 saturated carbocycles. The van der Waals surface area contributed by atoms with E-state index in [9.17, 15) is 4.39 Å². The van der Waals surface area contributed by atoms with Gasteiger partial charge in [0.1, 0.15) is 5.82 Å². The summed E-state index contributed by atoms with van der Waals surface area (Å²) in [5.41, 5.74) is 1.78. The zero-order valence-corrected chi connectivity index (χ0v) is 17.4. The number of nitrogens with one attached hydrogen (secondary N) is 2. The van der Waals surface area contributed by atoms with E-state index in [1.165, 1.54) is 31.0 Å². The number of benzene rings is 2. The fourth-order valence-electron chi connectivity index (χ4n) is 3.53. The molecule has 0 radical (unpaired) electrons. The number of rotatable bonds is 7. The van der Waals surface area contributed by atoms with Crippen molar-refractivity contribution in [3.63, 3.8) is 0 Å². The van der Waals surface area contributed by atoms with Crippen LogP contribution in [0.3, 0.4) is 0 Å². The molecule has 0 aliphatic heterocycles. The predicted molar refractivity (Wildman–Crippen MR) is 114 cm³/mol. The molecule has 30 heavy (non-hydrogen) atoms. The van der Waals surface area contributed by atoms with Gasteiger partial charge in [-0.05, 0) is 49.9 Å². The SMILES string of the molecule is CN=C(NCc1cc(C#N)ccc1F)NCc1cccc(OC)c1OC1CCCC1. The van der Waals surface area contributed by atoms with Crippen LogP contribution in [0.1, 0.15) is 42.4 Å². The second kappa shape index (κ2) is 10.5. The van der Waals surface area contributed by atoms with E-state index in [0.717, 1.165) is 24.2 Å². The minimum Gasteiger partial charge on any atom is -0.493 e. The van der Waals surface area contributed by atoms with Crippen molar-refractivity contribution in [3.8, 4) is 17.6 Å². The number of para-hydroxylation sites is 1. The number of hydrogen-bond donors (Lipinski definition) is 2. The van der Waals surface area contributed by atoms with Gasteiger partial charge in [0.05, 0.1) is 24.8 Å². The third kappa shape index (κ3) is 5.41. The van der Waals surface area contributed by atoms with E-state index in [1.807, 2.05) is 24.3 Å². The summed E-state index contributed by atoms with van der Waals surface area (Å²) in [7, 11) is 3.29. The number of aliphatic imine (C=N–C) groups is 1. The van der Waals surface area contributed by atoms with Crippen LogP contribution in [-0.4, -0.2) is 26.2 Å². The van der Waals surface area contributed by atoms with Crippen LogP contribution in [0, 0.1) is 17.1 Å². The average Bonchev–Trinajstić information content (AvgIpc) is 3.29. The summed E-state index contributed by atoms with van der Waals surface area (Å²) in [6, 6.07) is 12.1. The quantitative estimate of drug-likeness (QED) is 0.535. The standard InChI is InChI=1S/C23H27FN4O2/c1-26-23(28-15-18-12-16(13-25)10-11-20(18)24)27-14-17-6-5-9-21(29-2)22(17)30-19-7-3-4-8-19/h5-6,9-12,19H,3-4,7-8,14-15H2,1-2H3,(H2,26,27,28). The summed E-state index contributed by atoms with van der Waals surface area (Å²) in [5, 5.41) is 15.3. The van der Waals surface area contributed by atoms with Gasteiger partial charge in [-0.15, -0.1) is 0 Å². The number of ether oxygens (including phenoxy) is 2. The molecule has 1 aliphatic rings. The zero-order chi connectivity index (χ0) is 21.3. The first kappa shape index (κ1) is 21.4. The molecule has 0 spiro atoms. The minimum atomic E-state index is -0.364. The molecule has 2 N–H and O–H groups in total. The Morgan fingerprint density at radius 1 is 1.17 bits per heavy atom. The number of hydrogen-bond acceptors (Lipinski definition) is 4. The molecule has 0 amide bonds. The lowest BCUT2D eigenvalue weighted by atomic mass is 10.1. The number of guanidine groups is 1. The Balaban J connectivity index is 1.65. The highest BCUT2D eigenvalue weighted by Gasteiger charge is 2.20. The fourth-order valence-corrected chi connectivity index (χ4v) is 3.53. The summed E-state index contributed by atoms with van der Waals surface area (Å²) in [5.74, 6) is 1.62. The van der Waals surface area contributed by atoms with E-state index >= 15 is 0 Å². The zero-order valence-electron chi connectivity index (χ0n) is 17.4. The molecule has 7 heteroatoms. The summed E-state index contributed by atoms with van der Waals surface area (Å²) in [6.45, 7) is 0.685. The van der Waals surface area contributed by atoms with Gasteiger partial charge >= 0.3 is 0 Å². The molecule has 3 rings (SSSR count). The van der Waals surface area contributed by atoms with Crippen molar-refractivity contribution in [2.45, 2.75) is 44.9 Å². The second-order valence-corrected chi connectivity index (χ2v) is 7.17. The van der Waals surface area contributed by atoms with Crippen LogP contribution in [0.25, 0.3) is 0 Å². The lowest BCUT2D eigenvalue weighted by Crippen LogP contribution is -2.36. The van der Waals surface area contributed by atoms with E-state index in [1.54, 1.807) is 14.2 Å². The Kier molecular flexibility index (Phi) is 7.50. The van der Waals surface area contributed by atoms with Gasteiger partial charge in [0.25, 0.3) is 0 Å². The van der Waals surface area contributed by atoms with Crippen LogP contribution >= 0.6 is 0 Å². The molecule has 158 valence electrons. The molecular formula is C23H27FN4O2. The number of halogens is 1. The van der Waals surface area contributed by atoms with E-state index in [-0.39, 0.29) is 18.5 Å². The van der Waals surface area contributed by atoms with Gasteiger partial charge in [0.15, 0.2) is 17.5 Å². The summed E-state index contributed by atoms with van der Waals surface area (Å²) in [4.78, 5) is 4.20. The Morgan fingerprint density at radius 2 is 1.90 bits per heavy atom. The highest BCUT2D eigenvalue weighted by Crippen LogP contribution is 2.34. The fraction of sp³-hybridized carbons (Fsp3) is 0.391. The molecule has 0 saturated heterocycles. The van der Waals surface area contributed by atoms with Crippen LogP contribution in [0.5, 0.6) is 11.5 Å². The molecule has 2 aromatic rings. The van der Waals surface area contributed by atoms with Crippen LogP contribution in [0.4, 0.5) is 4.39 Å². The molecule has 0 unspecified atom stereocenters. The van der Waals surface area contributed by atoms with Gasteiger partial charge in [-0.2, -0.15) is 5.26 Å². The molecule has 0 atom stereocenters. The molecular weight excluding hydrogens is 383 g/mol. The first-order valence-corrected chi connectivity index (χ1v) is 10.1. The summed E-state index contributed by atoms with van der Waals surface area (Å²) < 4.78 is 25.8. The van der Waals surface area contributed by atoms with Crippen molar-refractivity contribution in [3.05, 3.63) is 58.9 Å². The Hall–Kier alpha value is -3.27. The van der Waals surface area contributed by atoms with Crippen LogP contribution < -0.4 is 20.1 Å². The van der Waals surface area contributed by atoms with Crippen molar-refractivity contribution in [2.24, 2.45) is 4.99 Å². The minimum absolute atomic E-state index is 0.213. The highest BCUT2D eigenvalue weighted by molar-refractivity contribution is 5.79. The van der Waals surface area contributed by atoms with Gasteiger partial charge in [0, 0.05) is 31.3 Å². The molecule has 6 nitrogen and oxygen atoms in total. The molecule has 1 aliphatic carbocycles. The van der Waals surface area contributed by atoms with E-state index in [4.69, 9.17) is 14.7 Å². The normalized spacial score (nSPS) is 14.3. The number of nitriles is 1. The summed E-state index contributed by atoms with van der Waals surface area (Å²) >= 11 is 0. The lowest BCUT2D eigenvalue weighted by molar-refractivity contribution is 0.198. The first-order chi connectivity index (χ1) is 14.6. The molecule has 0 heterocycles. The Bertz CT molecular complexity index is 933.